The van der Waals surface area contributed by atoms with Gasteiger partial charge in [0.25, 0.3) is 0 Å². The smallest absolute Gasteiger partial charge is 0.122 e. The summed E-state index contributed by atoms with van der Waals surface area (Å²) in [5, 5.41) is 3.15. The second-order valence-corrected chi connectivity index (χ2v) is 5.25. The summed E-state index contributed by atoms with van der Waals surface area (Å²) in [6.07, 6.45) is 0.965. The summed E-state index contributed by atoms with van der Waals surface area (Å²) in [6, 6.07) is 10.8. The Morgan fingerprint density at radius 3 is 2.20 bits per heavy atom. The van der Waals surface area contributed by atoms with Gasteiger partial charge < -0.3 is 10.1 Å². The Kier molecular flexibility index (Phi) is 4.33. The number of methoxy groups -OCH3 is 1. The van der Waals surface area contributed by atoms with E-state index in [9.17, 15) is 0 Å². The van der Waals surface area contributed by atoms with E-state index in [1.54, 1.807) is 7.11 Å². The molecule has 2 aromatic rings. The summed E-state index contributed by atoms with van der Waals surface area (Å²) in [7, 11) is 3.67. The SMILES string of the molecule is CNc1ccc(Cc2c(C)cc(OC)c(C)c2C)cc1. The molecule has 0 aliphatic heterocycles. The van der Waals surface area contributed by atoms with Crippen LogP contribution in [0.2, 0.25) is 0 Å². The van der Waals surface area contributed by atoms with Crippen molar-refractivity contribution >= 4 is 5.69 Å². The van der Waals surface area contributed by atoms with Crippen molar-refractivity contribution in [2.45, 2.75) is 27.2 Å². The van der Waals surface area contributed by atoms with Crippen LogP contribution in [0.1, 0.15) is 27.8 Å². The fraction of sp³-hybridized carbons (Fsp3) is 0.333. The molecule has 0 aromatic heterocycles. The molecular weight excluding hydrogens is 246 g/mol. The first-order valence-corrected chi connectivity index (χ1v) is 6.97. The van der Waals surface area contributed by atoms with Gasteiger partial charge in [-0.25, -0.2) is 0 Å². The molecular formula is C18H23NO. The van der Waals surface area contributed by atoms with Crippen molar-refractivity contribution < 1.29 is 4.74 Å². The minimum Gasteiger partial charge on any atom is -0.496 e. The first-order valence-electron chi connectivity index (χ1n) is 6.97. The summed E-state index contributed by atoms with van der Waals surface area (Å²) >= 11 is 0. The largest absolute Gasteiger partial charge is 0.496 e. The molecule has 2 heteroatoms. The Hall–Kier alpha value is -1.96. The predicted octanol–water partition coefficient (Wildman–Crippen LogP) is 4.25. The molecule has 0 aliphatic carbocycles. The van der Waals surface area contributed by atoms with Crippen molar-refractivity contribution in [3.8, 4) is 5.75 Å². The van der Waals surface area contributed by atoms with Gasteiger partial charge in [-0.15, -0.1) is 0 Å². The number of aryl methyl sites for hydroxylation is 1. The molecule has 0 spiro atoms. The Bertz CT molecular complexity index is 600. The summed E-state index contributed by atoms with van der Waals surface area (Å²) in [5.41, 5.74) is 7.75. The van der Waals surface area contributed by atoms with Crippen LogP contribution in [0.15, 0.2) is 30.3 Å². The third-order valence-corrected chi connectivity index (χ3v) is 4.05. The number of nitrogens with one attached hydrogen (secondary N) is 1. The second kappa shape index (κ2) is 6.00. The van der Waals surface area contributed by atoms with E-state index in [0.717, 1.165) is 17.9 Å². The molecule has 0 fully saturated rings. The lowest BCUT2D eigenvalue weighted by Crippen LogP contribution is -2.01. The van der Waals surface area contributed by atoms with Gasteiger partial charge in [0.15, 0.2) is 0 Å². The lowest BCUT2D eigenvalue weighted by molar-refractivity contribution is 0.410. The standard InChI is InChI=1S/C18H23NO/c1-12-10-18(20-5)14(3)13(2)17(12)11-15-6-8-16(19-4)9-7-15/h6-10,19H,11H2,1-5H3. The number of anilines is 1. The molecule has 0 heterocycles. The van der Waals surface area contributed by atoms with Crippen LogP contribution in [0.25, 0.3) is 0 Å². The van der Waals surface area contributed by atoms with E-state index in [4.69, 9.17) is 4.74 Å². The minimum absolute atomic E-state index is 0.965. The lowest BCUT2D eigenvalue weighted by atomic mass is 9.92. The molecule has 0 atom stereocenters. The molecule has 2 nitrogen and oxygen atoms in total. The van der Waals surface area contributed by atoms with Crippen molar-refractivity contribution in [3.63, 3.8) is 0 Å². The third-order valence-electron chi connectivity index (χ3n) is 4.05. The van der Waals surface area contributed by atoms with E-state index in [1.807, 2.05) is 7.05 Å². The van der Waals surface area contributed by atoms with Crippen molar-refractivity contribution in [3.05, 3.63) is 58.1 Å². The summed E-state index contributed by atoms with van der Waals surface area (Å²) in [4.78, 5) is 0. The van der Waals surface area contributed by atoms with E-state index < -0.39 is 0 Å². The maximum Gasteiger partial charge on any atom is 0.122 e. The highest BCUT2D eigenvalue weighted by atomic mass is 16.5. The van der Waals surface area contributed by atoms with Gasteiger partial charge in [0.2, 0.25) is 0 Å². The van der Waals surface area contributed by atoms with Crippen molar-refractivity contribution in [2.24, 2.45) is 0 Å². The molecule has 0 saturated carbocycles. The van der Waals surface area contributed by atoms with Gasteiger partial charge in [0.1, 0.15) is 5.75 Å². The van der Waals surface area contributed by atoms with Crippen LogP contribution < -0.4 is 10.1 Å². The van der Waals surface area contributed by atoms with Gasteiger partial charge in [0.05, 0.1) is 7.11 Å². The predicted molar refractivity (Wildman–Crippen MR) is 86.0 cm³/mol. The van der Waals surface area contributed by atoms with Crippen LogP contribution in [0, 0.1) is 20.8 Å². The van der Waals surface area contributed by atoms with Crippen molar-refractivity contribution in [2.75, 3.05) is 19.5 Å². The summed E-state index contributed by atoms with van der Waals surface area (Å²) < 4.78 is 5.43. The number of ether oxygens (including phenoxy) is 1. The van der Waals surface area contributed by atoms with E-state index in [2.05, 4.69) is 56.4 Å². The van der Waals surface area contributed by atoms with E-state index in [0.29, 0.717) is 0 Å². The van der Waals surface area contributed by atoms with Gasteiger partial charge in [-0.2, -0.15) is 0 Å². The Morgan fingerprint density at radius 2 is 1.65 bits per heavy atom. The summed E-state index contributed by atoms with van der Waals surface area (Å²) in [5.74, 6) is 0.981. The first-order chi connectivity index (χ1) is 9.56. The van der Waals surface area contributed by atoms with Gasteiger partial charge in [-0.3, -0.25) is 0 Å². The molecule has 0 aliphatic rings. The Balaban J connectivity index is 2.35. The molecule has 2 aromatic carbocycles. The number of benzene rings is 2. The zero-order valence-electron chi connectivity index (χ0n) is 13.0. The zero-order valence-corrected chi connectivity index (χ0v) is 13.0. The maximum atomic E-state index is 5.43. The molecule has 0 bridgehead atoms. The molecule has 0 radical (unpaired) electrons. The van der Waals surface area contributed by atoms with Crippen LogP contribution in [0.3, 0.4) is 0 Å². The average molecular weight is 269 g/mol. The Morgan fingerprint density at radius 1 is 1.00 bits per heavy atom. The molecule has 2 rings (SSSR count). The summed E-state index contributed by atoms with van der Waals surface area (Å²) in [6.45, 7) is 6.47. The second-order valence-electron chi connectivity index (χ2n) is 5.25. The minimum atomic E-state index is 0.965. The van der Waals surface area contributed by atoms with Gasteiger partial charge in [-0.05, 0) is 73.2 Å². The molecule has 1 N–H and O–H groups in total. The fourth-order valence-electron chi connectivity index (χ4n) is 2.58. The quantitative estimate of drug-likeness (QED) is 0.895. The topological polar surface area (TPSA) is 21.3 Å². The first kappa shape index (κ1) is 14.4. The lowest BCUT2D eigenvalue weighted by Gasteiger charge is -2.16. The van der Waals surface area contributed by atoms with Crippen LogP contribution in [0.4, 0.5) is 5.69 Å². The Labute approximate surface area is 121 Å². The molecule has 106 valence electrons. The highest BCUT2D eigenvalue weighted by Gasteiger charge is 2.11. The van der Waals surface area contributed by atoms with E-state index in [-0.39, 0.29) is 0 Å². The van der Waals surface area contributed by atoms with Crippen molar-refractivity contribution in [1.29, 1.82) is 0 Å². The van der Waals surface area contributed by atoms with E-state index in [1.165, 1.54) is 27.8 Å². The van der Waals surface area contributed by atoms with Crippen LogP contribution in [0.5, 0.6) is 5.75 Å². The fourth-order valence-corrected chi connectivity index (χ4v) is 2.58. The highest BCUT2D eigenvalue weighted by Crippen LogP contribution is 2.29. The molecule has 20 heavy (non-hydrogen) atoms. The van der Waals surface area contributed by atoms with Gasteiger partial charge in [-0.1, -0.05) is 12.1 Å². The van der Waals surface area contributed by atoms with Gasteiger partial charge >= 0.3 is 0 Å². The van der Waals surface area contributed by atoms with E-state index >= 15 is 0 Å². The molecule has 0 saturated heterocycles. The average Bonchev–Trinajstić information content (AvgIpc) is 2.48. The van der Waals surface area contributed by atoms with Crippen LogP contribution in [-0.2, 0) is 6.42 Å². The maximum absolute atomic E-state index is 5.43. The third kappa shape index (κ3) is 2.79. The van der Waals surface area contributed by atoms with Crippen LogP contribution >= 0.6 is 0 Å². The number of rotatable bonds is 4. The normalized spacial score (nSPS) is 10.4. The highest BCUT2D eigenvalue weighted by molar-refractivity contribution is 5.51. The monoisotopic (exact) mass is 269 g/mol. The molecule has 0 amide bonds. The number of hydrogen-bond acceptors (Lipinski definition) is 2. The zero-order chi connectivity index (χ0) is 14.7. The van der Waals surface area contributed by atoms with Crippen LogP contribution in [-0.4, -0.2) is 14.2 Å². The van der Waals surface area contributed by atoms with Crippen molar-refractivity contribution in [1.82, 2.24) is 0 Å². The molecule has 0 unspecified atom stereocenters. The van der Waals surface area contributed by atoms with Gasteiger partial charge in [0, 0.05) is 12.7 Å². The number of hydrogen-bond donors (Lipinski definition) is 1.